The molecule has 0 bridgehead atoms. The summed E-state index contributed by atoms with van der Waals surface area (Å²) in [5.41, 5.74) is 3.22. The van der Waals surface area contributed by atoms with Gasteiger partial charge in [-0.1, -0.05) is 0 Å². The van der Waals surface area contributed by atoms with E-state index in [1.165, 1.54) is 0 Å². The summed E-state index contributed by atoms with van der Waals surface area (Å²) < 4.78 is 2.06. The fourth-order valence-electron chi connectivity index (χ4n) is 2.05. The zero-order chi connectivity index (χ0) is 13.1. The summed E-state index contributed by atoms with van der Waals surface area (Å²) in [6, 6.07) is 2.05. The van der Waals surface area contributed by atoms with Crippen LogP contribution in [-0.4, -0.2) is 32.1 Å². The highest BCUT2D eigenvalue weighted by Crippen LogP contribution is 2.09. The first kappa shape index (κ1) is 13.0. The van der Waals surface area contributed by atoms with Gasteiger partial charge in [0.1, 0.15) is 0 Å². The molecule has 0 aliphatic heterocycles. The molecule has 0 aliphatic rings. The summed E-state index contributed by atoms with van der Waals surface area (Å²) in [7, 11) is 0. The summed E-state index contributed by atoms with van der Waals surface area (Å²) in [4.78, 5) is 8.71. The van der Waals surface area contributed by atoms with Crippen LogP contribution in [0.15, 0.2) is 12.3 Å². The maximum Gasteiger partial charge on any atom is 0.234 e. The number of aryl methyl sites for hydroxylation is 2. The molecule has 0 radical (unpaired) electrons. The fourth-order valence-corrected chi connectivity index (χ4v) is 2.05. The molecule has 98 valence electrons. The van der Waals surface area contributed by atoms with Gasteiger partial charge in [0.05, 0.1) is 18.0 Å². The third kappa shape index (κ3) is 2.86. The van der Waals surface area contributed by atoms with Crippen molar-refractivity contribution < 1.29 is 5.11 Å². The van der Waals surface area contributed by atoms with Crippen molar-refractivity contribution in [3.05, 3.63) is 29.3 Å². The van der Waals surface area contributed by atoms with Crippen LogP contribution in [0.4, 0.5) is 0 Å². The zero-order valence-corrected chi connectivity index (χ0v) is 11.1. The largest absolute Gasteiger partial charge is 0.393 e. The molecule has 0 aromatic carbocycles. The Bertz CT molecular complexity index is 533. The molecule has 0 saturated carbocycles. The predicted octanol–water partition coefficient (Wildman–Crippen LogP) is 1.21. The van der Waals surface area contributed by atoms with Crippen LogP contribution in [0.1, 0.15) is 30.4 Å². The number of nitrogens with zero attached hydrogens (tertiary/aromatic N) is 3. The standard InChI is InChI=1S/C13H20N4O/c1-9-6-10(2)17-12(8-15-13(17)16-9)7-14-5-4-11(3)18/h6,8,11,14,18H,4-5,7H2,1-3H3. The minimum absolute atomic E-state index is 0.259. The van der Waals surface area contributed by atoms with E-state index in [4.69, 9.17) is 0 Å². The van der Waals surface area contributed by atoms with Crippen LogP contribution in [0.25, 0.3) is 5.78 Å². The molecule has 0 fully saturated rings. The van der Waals surface area contributed by atoms with Crippen LogP contribution in [0, 0.1) is 13.8 Å². The number of imidazole rings is 1. The lowest BCUT2D eigenvalue weighted by molar-refractivity contribution is 0.183. The molecule has 1 unspecified atom stereocenters. The quantitative estimate of drug-likeness (QED) is 0.781. The Morgan fingerprint density at radius 3 is 2.94 bits per heavy atom. The number of aliphatic hydroxyl groups is 1. The average Bonchev–Trinajstić information content (AvgIpc) is 2.67. The molecule has 0 amide bonds. The molecule has 5 heteroatoms. The number of aromatic nitrogens is 3. The summed E-state index contributed by atoms with van der Waals surface area (Å²) in [6.45, 7) is 7.36. The van der Waals surface area contributed by atoms with Crippen LogP contribution >= 0.6 is 0 Å². The van der Waals surface area contributed by atoms with Gasteiger partial charge in [0.15, 0.2) is 0 Å². The molecule has 5 nitrogen and oxygen atoms in total. The molecular formula is C13H20N4O. The highest BCUT2D eigenvalue weighted by molar-refractivity contribution is 5.35. The molecule has 1 atom stereocenters. The Balaban J connectivity index is 2.10. The topological polar surface area (TPSA) is 62.5 Å². The van der Waals surface area contributed by atoms with E-state index in [9.17, 15) is 5.11 Å². The highest BCUT2D eigenvalue weighted by Gasteiger charge is 2.07. The Morgan fingerprint density at radius 2 is 2.22 bits per heavy atom. The summed E-state index contributed by atoms with van der Waals surface area (Å²) in [5.74, 6) is 0.750. The van der Waals surface area contributed by atoms with Crippen molar-refractivity contribution in [3.63, 3.8) is 0 Å². The molecule has 2 aromatic rings. The van der Waals surface area contributed by atoms with Crippen molar-refractivity contribution in [2.45, 2.75) is 39.8 Å². The van der Waals surface area contributed by atoms with Gasteiger partial charge in [-0.25, -0.2) is 9.97 Å². The molecule has 0 saturated heterocycles. The van der Waals surface area contributed by atoms with Gasteiger partial charge >= 0.3 is 0 Å². The zero-order valence-electron chi connectivity index (χ0n) is 11.1. The first-order chi connectivity index (χ1) is 8.58. The van der Waals surface area contributed by atoms with Crippen LogP contribution in [0.3, 0.4) is 0 Å². The summed E-state index contributed by atoms with van der Waals surface area (Å²) in [6.07, 6.45) is 2.35. The molecule has 2 heterocycles. The van der Waals surface area contributed by atoms with Crippen molar-refractivity contribution in [2.24, 2.45) is 0 Å². The van der Waals surface area contributed by atoms with Gasteiger partial charge in [-0.05, 0) is 39.8 Å². The second kappa shape index (κ2) is 5.46. The van der Waals surface area contributed by atoms with Gasteiger partial charge in [0.2, 0.25) is 5.78 Å². The molecule has 0 aliphatic carbocycles. The van der Waals surface area contributed by atoms with Crippen LogP contribution in [0.2, 0.25) is 0 Å². The van der Waals surface area contributed by atoms with Crippen molar-refractivity contribution >= 4 is 5.78 Å². The third-order valence-corrected chi connectivity index (χ3v) is 2.91. The molecule has 2 aromatic heterocycles. The van der Waals surface area contributed by atoms with Gasteiger partial charge in [-0.2, -0.15) is 0 Å². The number of nitrogens with one attached hydrogen (secondary N) is 1. The number of aliphatic hydroxyl groups excluding tert-OH is 1. The monoisotopic (exact) mass is 248 g/mol. The molecule has 2 N–H and O–H groups in total. The van der Waals surface area contributed by atoms with Crippen LogP contribution in [0.5, 0.6) is 0 Å². The summed E-state index contributed by atoms with van der Waals surface area (Å²) >= 11 is 0. The van der Waals surface area contributed by atoms with Crippen molar-refractivity contribution in [1.29, 1.82) is 0 Å². The lowest BCUT2D eigenvalue weighted by Crippen LogP contribution is -2.19. The van der Waals surface area contributed by atoms with E-state index in [0.717, 1.165) is 42.4 Å². The minimum Gasteiger partial charge on any atom is -0.393 e. The maximum absolute atomic E-state index is 9.19. The van der Waals surface area contributed by atoms with E-state index in [1.807, 2.05) is 19.2 Å². The Hall–Kier alpha value is -1.46. The first-order valence-corrected chi connectivity index (χ1v) is 6.27. The maximum atomic E-state index is 9.19. The second-order valence-corrected chi connectivity index (χ2v) is 4.74. The number of hydrogen-bond acceptors (Lipinski definition) is 4. The van der Waals surface area contributed by atoms with E-state index in [2.05, 4.69) is 26.6 Å². The van der Waals surface area contributed by atoms with Gasteiger partial charge < -0.3 is 10.4 Å². The average molecular weight is 248 g/mol. The van der Waals surface area contributed by atoms with E-state index >= 15 is 0 Å². The number of hydrogen-bond donors (Lipinski definition) is 2. The molecule has 2 rings (SSSR count). The summed E-state index contributed by atoms with van der Waals surface area (Å²) in [5, 5.41) is 12.5. The van der Waals surface area contributed by atoms with Gasteiger partial charge in [0, 0.05) is 17.9 Å². The molecule has 0 spiro atoms. The smallest absolute Gasteiger partial charge is 0.234 e. The SMILES string of the molecule is Cc1cc(C)n2c(CNCCC(C)O)cnc2n1. The lowest BCUT2D eigenvalue weighted by Gasteiger charge is -2.08. The first-order valence-electron chi connectivity index (χ1n) is 6.27. The second-order valence-electron chi connectivity index (χ2n) is 4.74. The minimum atomic E-state index is -0.259. The van der Waals surface area contributed by atoms with E-state index < -0.39 is 0 Å². The highest BCUT2D eigenvalue weighted by atomic mass is 16.3. The van der Waals surface area contributed by atoms with Crippen LogP contribution < -0.4 is 5.32 Å². The van der Waals surface area contributed by atoms with Gasteiger partial charge in [-0.15, -0.1) is 0 Å². The van der Waals surface area contributed by atoms with Gasteiger partial charge in [-0.3, -0.25) is 4.40 Å². The Labute approximate surface area is 107 Å². The fraction of sp³-hybridized carbons (Fsp3) is 0.538. The molecular weight excluding hydrogens is 228 g/mol. The van der Waals surface area contributed by atoms with Gasteiger partial charge in [0.25, 0.3) is 0 Å². The van der Waals surface area contributed by atoms with Crippen molar-refractivity contribution in [1.82, 2.24) is 19.7 Å². The van der Waals surface area contributed by atoms with Crippen LogP contribution in [-0.2, 0) is 6.54 Å². The van der Waals surface area contributed by atoms with E-state index in [1.54, 1.807) is 6.92 Å². The van der Waals surface area contributed by atoms with E-state index in [-0.39, 0.29) is 6.10 Å². The Morgan fingerprint density at radius 1 is 1.44 bits per heavy atom. The number of fused-ring (bicyclic) bond motifs is 1. The van der Waals surface area contributed by atoms with Crippen molar-refractivity contribution in [2.75, 3.05) is 6.54 Å². The van der Waals surface area contributed by atoms with Crippen molar-refractivity contribution in [3.8, 4) is 0 Å². The number of rotatable bonds is 5. The van der Waals surface area contributed by atoms with E-state index in [0.29, 0.717) is 0 Å². The lowest BCUT2D eigenvalue weighted by atomic mass is 10.3. The Kier molecular flexibility index (Phi) is 3.93. The normalized spacial score (nSPS) is 13.1. The molecule has 18 heavy (non-hydrogen) atoms. The predicted molar refractivity (Wildman–Crippen MR) is 70.5 cm³/mol. The third-order valence-electron chi connectivity index (χ3n) is 2.91.